The summed E-state index contributed by atoms with van der Waals surface area (Å²) < 4.78 is 1.96. The van der Waals surface area contributed by atoms with Crippen LogP contribution in [0.2, 0.25) is 5.02 Å². The van der Waals surface area contributed by atoms with Gasteiger partial charge in [-0.15, -0.1) is 21.5 Å². The van der Waals surface area contributed by atoms with Crippen molar-refractivity contribution in [3.63, 3.8) is 0 Å². The number of carbonyl (C=O) groups excluding carboxylic acids is 1. The Morgan fingerprint density at radius 1 is 1.22 bits per heavy atom. The summed E-state index contributed by atoms with van der Waals surface area (Å²) in [5.74, 6) is 0.620. The lowest BCUT2D eigenvalue weighted by Crippen LogP contribution is -2.15. The van der Waals surface area contributed by atoms with Crippen molar-refractivity contribution in [1.29, 1.82) is 0 Å². The number of halogens is 1. The Kier molecular flexibility index (Phi) is 5.11. The predicted molar refractivity (Wildman–Crippen MR) is 110 cm³/mol. The quantitative estimate of drug-likeness (QED) is 0.484. The number of amides is 1. The van der Waals surface area contributed by atoms with Crippen LogP contribution in [-0.4, -0.2) is 31.2 Å². The van der Waals surface area contributed by atoms with Gasteiger partial charge in [0.15, 0.2) is 5.16 Å². The maximum absolute atomic E-state index is 12.2. The molecular formula is C18H14ClN5OS2. The monoisotopic (exact) mass is 415 g/mol. The van der Waals surface area contributed by atoms with Crippen LogP contribution in [0.15, 0.2) is 53.0 Å². The van der Waals surface area contributed by atoms with Crippen LogP contribution in [0.4, 0.5) is 5.82 Å². The Labute approximate surface area is 168 Å². The molecule has 1 aromatic carbocycles. The molecule has 9 heteroatoms. The number of benzene rings is 1. The van der Waals surface area contributed by atoms with Gasteiger partial charge in [0.2, 0.25) is 10.9 Å². The second kappa shape index (κ2) is 7.67. The average molecular weight is 416 g/mol. The van der Waals surface area contributed by atoms with Crippen molar-refractivity contribution in [2.75, 3.05) is 11.1 Å². The fourth-order valence-corrected chi connectivity index (χ4v) is 4.30. The lowest BCUT2D eigenvalue weighted by atomic mass is 10.2. The molecule has 0 radical (unpaired) electrons. The van der Waals surface area contributed by atoms with Crippen molar-refractivity contribution >= 4 is 51.4 Å². The smallest absolute Gasteiger partial charge is 0.236 e. The molecule has 0 spiro atoms. The van der Waals surface area contributed by atoms with Crippen molar-refractivity contribution in [1.82, 2.24) is 19.6 Å². The molecule has 0 bridgehead atoms. The number of fused-ring (bicyclic) bond motifs is 1. The highest BCUT2D eigenvalue weighted by atomic mass is 35.5. The van der Waals surface area contributed by atoms with Crippen LogP contribution >= 0.6 is 34.7 Å². The maximum atomic E-state index is 12.2. The number of aryl methyl sites for hydroxylation is 1. The lowest BCUT2D eigenvalue weighted by Gasteiger charge is -2.05. The Morgan fingerprint density at radius 3 is 2.81 bits per heavy atom. The van der Waals surface area contributed by atoms with Gasteiger partial charge in [0.25, 0.3) is 0 Å². The molecule has 0 aliphatic carbocycles. The summed E-state index contributed by atoms with van der Waals surface area (Å²) in [6.07, 6.45) is 0. The van der Waals surface area contributed by atoms with Gasteiger partial charge < -0.3 is 5.32 Å². The molecule has 136 valence electrons. The summed E-state index contributed by atoms with van der Waals surface area (Å²) in [5.41, 5.74) is 2.84. The van der Waals surface area contributed by atoms with Crippen molar-refractivity contribution in [3.8, 4) is 11.3 Å². The number of hydrogen-bond acceptors (Lipinski definition) is 6. The number of aromatic nitrogens is 4. The van der Waals surface area contributed by atoms with Crippen molar-refractivity contribution in [2.45, 2.75) is 12.1 Å². The number of pyridine rings is 1. The number of anilines is 1. The minimum Gasteiger partial charge on any atom is -0.310 e. The zero-order valence-corrected chi connectivity index (χ0v) is 16.6. The Morgan fingerprint density at radius 2 is 2.04 bits per heavy atom. The van der Waals surface area contributed by atoms with E-state index in [0.717, 1.165) is 21.9 Å². The van der Waals surface area contributed by atoms with E-state index in [1.165, 1.54) is 23.1 Å². The van der Waals surface area contributed by atoms with Gasteiger partial charge in [0, 0.05) is 16.1 Å². The van der Waals surface area contributed by atoms with Gasteiger partial charge in [-0.05, 0) is 36.8 Å². The van der Waals surface area contributed by atoms with Crippen molar-refractivity contribution < 1.29 is 4.79 Å². The summed E-state index contributed by atoms with van der Waals surface area (Å²) in [6, 6.07) is 13.1. The largest absolute Gasteiger partial charge is 0.310 e. The molecular weight excluding hydrogens is 402 g/mol. The summed E-state index contributed by atoms with van der Waals surface area (Å²) in [5, 5.41) is 14.6. The Hall–Kier alpha value is -2.42. The molecule has 6 nitrogen and oxygen atoms in total. The zero-order chi connectivity index (χ0) is 18.8. The first-order chi connectivity index (χ1) is 13.1. The van der Waals surface area contributed by atoms with E-state index >= 15 is 0 Å². The summed E-state index contributed by atoms with van der Waals surface area (Å²) in [4.78, 5) is 17.3. The molecule has 4 rings (SSSR count). The van der Waals surface area contributed by atoms with E-state index in [4.69, 9.17) is 11.6 Å². The third kappa shape index (κ3) is 3.97. The van der Waals surface area contributed by atoms with Crippen LogP contribution < -0.4 is 5.32 Å². The van der Waals surface area contributed by atoms with Crippen LogP contribution in [0.25, 0.3) is 16.2 Å². The zero-order valence-electron chi connectivity index (χ0n) is 14.2. The third-order valence-corrected chi connectivity index (χ3v) is 5.75. The van der Waals surface area contributed by atoms with Crippen LogP contribution in [-0.2, 0) is 4.79 Å². The van der Waals surface area contributed by atoms with Crippen molar-refractivity contribution in [2.24, 2.45) is 0 Å². The molecule has 4 aromatic rings. The number of nitrogens with one attached hydrogen (secondary N) is 1. The number of thioether (sulfide) groups is 1. The average Bonchev–Trinajstić information content (AvgIpc) is 3.23. The molecule has 0 fully saturated rings. The molecule has 0 aliphatic heterocycles. The van der Waals surface area contributed by atoms with Gasteiger partial charge in [-0.3, -0.25) is 9.20 Å². The molecule has 0 saturated carbocycles. The number of nitrogens with zero attached hydrogens (tertiary/aromatic N) is 4. The SMILES string of the molecule is Cc1cccc(NC(=O)CSc2nnc3scc(-c4ccc(Cl)cc4)n23)n1. The minimum atomic E-state index is -0.141. The first-order valence-corrected chi connectivity index (χ1v) is 10.3. The molecule has 3 heterocycles. The van der Waals surface area contributed by atoms with E-state index in [9.17, 15) is 4.79 Å². The van der Waals surface area contributed by atoms with E-state index in [1.54, 1.807) is 6.07 Å². The van der Waals surface area contributed by atoms with Gasteiger partial charge in [-0.1, -0.05) is 41.6 Å². The molecule has 3 aromatic heterocycles. The fourth-order valence-electron chi connectivity index (χ4n) is 2.53. The van der Waals surface area contributed by atoms with E-state index in [0.29, 0.717) is 16.0 Å². The highest BCUT2D eigenvalue weighted by Gasteiger charge is 2.15. The van der Waals surface area contributed by atoms with Gasteiger partial charge in [-0.2, -0.15) is 0 Å². The first kappa shape index (κ1) is 18.0. The molecule has 0 unspecified atom stereocenters. The van der Waals surface area contributed by atoms with Crippen LogP contribution in [0.5, 0.6) is 0 Å². The first-order valence-electron chi connectivity index (χ1n) is 8.05. The number of rotatable bonds is 5. The highest BCUT2D eigenvalue weighted by Crippen LogP contribution is 2.30. The van der Waals surface area contributed by atoms with Gasteiger partial charge in [-0.25, -0.2) is 4.98 Å². The second-order valence-electron chi connectivity index (χ2n) is 5.73. The highest BCUT2D eigenvalue weighted by molar-refractivity contribution is 7.99. The number of carbonyl (C=O) groups is 1. The normalized spacial score (nSPS) is 11.0. The van der Waals surface area contributed by atoms with Gasteiger partial charge in [0.05, 0.1) is 11.4 Å². The Balaban J connectivity index is 1.51. The molecule has 0 atom stereocenters. The summed E-state index contributed by atoms with van der Waals surface area (Å²) >= 11 is 8.82. The molecule has 1 N–H and O–H groups in total. The molecule has 0 aliphatic rings. The molecule has 0 saturated heterocycles. The minimum absolute atomic E-state index is 0.141. The molecule has 27 heavy (non-hydrogen) atoms. The van der Waals surface area contributed by atoms with E-state index in [-0.39, 0.29) is 11.7 Å². The predicted octanol–water partition coefficient (Wildman–Crippen LogP) is 4.55. The third-order valence-electron chi connectivity index (χ3n) is 3.75. The standard InChI is InChI=1S/C18H14ClN5OS2/c1-11-3-2-4-15(20-11)21-16(25)10-27-18-23-22-17-24(18)14(9-26-17)12-5-7-13(19)8-6-12/h2-9H,10H2,1H3,(H,20,21,25). The van der Waals surface area contributed by atoms with E-state index in [2.05, 4.69) is 20.5 Å². The summed E-state index contributed by atoms with van der Waals surface area (Å²) in [6.45, 7) is 1.88. The molecule has 1 amide bonds. The number of thiazole rings is 1. The maximum Gasteiger partial charge on any atom is 0.236 e. The lowest BCUT2D eigenvalue weighted by molar-refractivity contribution is -0.113. The van der Waals surface area contributed by atoms with Crippen LogP contribution in [0.1, 0.15) is 5.69 Å². The van der Waals surface area contributed by atoms with Crippen molar-refractivity contribution in [3.05, 3.63) is 58.6 Å². The van der Waals surface area contributed by atoms with Gasteiger partial charge >= 0.3 is 0 Å². The van der Waals surface area contributed by atoms with E-state index < -0.39 is 0 Å². The van der Waals surface area contributed by atoms with E-state index in [1.807, 2.05) is 53.1 Å². The Bertz CT molecular complexity index is 1110. The number of hydrogen-bond donors (Lipinski definition) is 1. The topological polar surface area (TPSA) is 72.2 Å². The van der Waals surface area contributed by atoms with Crippen LogP contribution in [0, 0.1) is 6.92 Å². The van der Waals surface area contributed by atoms with Gasteiger partial charge in [0.1, 0.15) is 5.82 Å². The van der Waals surface area contributed by atoms with Crippen LogP contribution in [0.3, 0.4) is 0 Å². The summed E-state index contributed by atoms with van der Waals surface area (Å²) in [7, 11) is 0. The fraction of sp³-hybridized carbons (Fsp3) is 0.111. The second-order valence-corrected chi connectivity index (χ2v) is 7.94.